The number of halogens is 3. The number of carbonyl (C=O) groups excluding carboxylic acids is 2. The fraction of sp³-hybridized carbons (Fsp3) is 0.125. The zero-order valence-electron chi connectivity index (χ0n) is 11.7. The van der Waals surface area contributed by atoms with Crippen molar-refractivity contribution < 1.29 is 14.0 Å². The van der Waals surface area contributed by atoms with Crippen LogP contribution in [0.1, 0.15) is 6.42 Å². The molecule has 1 unspecified atom stereocenters. The number of amides is 2. The smallest absolute Gasteiger partial charge is 0.256 e. The highest BCUT2D eigenvalue weighted by Crippen LogP contribution is 2.30. The van der Waals surface area contributed by atoms with Crippen molar-refractivity contribution in [2.75, 3.05) is 10.2 Å². The summed E-state index contributed by atoms with van der Waals surface area (Å²) in [7, 11) is 0. The largest absolute Gasteiger partial charge is 0.373 e. The second kappa shape index (κ2) is 6.18. The molecule has 2 amide bonds. The Hall–Kier alpha value is -2.11. The van der Waals surface area contributed by atoms with Gasteiger partial charge >= 0.3 is 0 Å². The Morgan fingerprint density at radius 1 is 1.09 bits per heavy atom. The molecule has 0 saturated carbocycles. The van der Waals surface area contributed by atoms with E-state index in [-0.39, 0.29) is 17.4 Å². The van der Waals surface area contributed by atoms with E-state index in [0.717, 1.165) is 4.90 Å². The van der Waals surface area contributed by atoms with Gasteiger partial charge in [-0.3, -0.25) is 9.59 Å². The molecule has 0 spiro atoms. The van der Waals surface area contributed by atoms with E-state index in [1.54, 1.807) is 12.1 Å². The molecule has 1 saturated heterocycles. The Balaban J connectivity index is 1.83. The highest BCUT2D eigenvalue weighted by Gasteiger charge is 2.39. The summed E-state index contributed by atoms with van der Waals surface area (Å²) >= 11 is 11.8. The van der Waals surface area contributed by atoms with E-state index in [9.17, 15) is 14.0 Å². The predicted molar refractivity (Wildman–Crippen MR) is 87.4 cm³/mol. The average Bonchev–Trinajstić information content (AvgIpc) is 2.77. The summed E-state index contributed by atoms with van der Waals surface area (Å²) in [6.45, 7) is 0. The maximum atomic E-state index is 13.2. The van der Waals surface area contributed by atoms with Crippen LogP contribution in [0.2, 0.25) is 10.0 Å². The first-order valence-electron chi connectivity index (χ1n) is 6.79. The van der Waals surface area contributed by atoms with Gasteiger partial charge in [-0.25, -0.2) is 9.29 Å². The maximum absolute atomic E-state index is 13.2. The van der Waals surface area contributed by atoms with E-state index in [1.165, 1.54) is 30.3 Å². The fourth-order valence-corrected chi connectivity index (χ4v) is 2.71. The van der Waals surface area contributed by atoms with E-state index in [1.807, 2.05) is 0 Å². The minimum atomic E-state index is -0.751. The molecule has 2 aromatic carbocycles. The van der Waals surface area contributed by atoms with Crippen molar-refractivity contribution in [2.24, 2.45) is 0 Å². The van der Waals surface area contributed by atoms with Crippen LogP contribution in [-0.2, 0) is 9.59 Å². The van der Waals surface area contributed by atoms with E-state index in [2.05, 4.69) is 5.32 Å². The number of benzene rings is 2. The lowest BCUT2D eigenvalue weighted by atomic mass is 10.2. The summed E-state index contributed by atoms with van der Waals surface area (Å²) in [5.74, 6) is -1.20. The van der Waals surface area contributed by atoms with Gasteiger partial charge in [0, 0.05) is 5.69 Å². The molecule has 1 aliphatic heterocycles. The van der Waals surface area contributed by atoms with Gasteiger partial charge in [0.2, 0.25) is 5.91 Å². The van der Waals surface area contributed by atoms with E-state index in [0.29, 0.717) is 16.4 Å². The molecule has 3 rings (SSSR count). The van der Waals surface area contributed by atoms with Gasteiger partial charge in [0.1, 0.15) is 11.9 Å². The summed E-state index contributed by atoms with van der Waals surface area (Å²) in [6, 6.07) is 9.50. The minimum absolute atomic E-state index is 0.0183. The van der Waals surface area contributed by atoms with Crippen LogP contribution in [0.4, 0.5) is 15.8 Å². The first-order chi connectivity index (χ1) is 11.0. The summed E-state index contributed by atoms with van der Waals surface area (Å²) in [4.78, 5) is 25.7. The number of nitrogens with zero attached hydrogens (tertiary/aromatic N) is 1. The summed E-state index contributed by atoms with van der Waals surface area (Å²) in [5.41, 5.74) is 0.796. The van der Waals surface area contributed by atoms with E-state index < -0.39 is 17.8 Å². The third-order valence-electron chi connectivity index (χ3n) is 3.47. The fourth-order valence-electron chi connectivity index (χ4n) is 2.42. The van der Waals surface area contributed by atoms with Crippen molar-refractivity contribution in [3.05, 3.63) is 58.3 Å². The molecular weight excluding hydrogens is 342 g/mol. The highest BCUT2D eigenvalue weighted by molar-refractivity contribution is 6.42. The number of hydrogen-bond donors (Lipinski definition) is 1. The lowest BCUT2D eigenvalue weighted by molar-refractivity contribution is -0.121. The normalized spacial score (nSPS) is 17.7. The zero-order valence-corrected chi connectivity index (χ0v) is 13.2. The second-order valence-corrected chi connectivity index (χ2v) is 5.89. The van der Waals surface area contributed by atoms with Crippen molar-refractivity contribution in [3.63, 3.8) is 0 Å². The first kappa shape index (κ1) is 15.8. The molecule has 1 aliphatic rings. The van der Waals surface area contributed by atoms with Gasteiger partial charge in [0.05, 0.1) is 22.2 Å². The molecule has 1 fully saturated rings. The predicted octanol–water partition coefficient (Wildman–Crippen LogP) is 3.88. The molecule has 118 valence electrons. The van der Waals surface area contributed by atoms with Crippen LogP contribution in [0.25, 0.3) is 0 Å². The average molecular weight is 353 g/mol. The second-order valence-electron chi connectivity index (χ2n) is 5.08. The monoisotopic (exact) mass is 352 g/mol. The van der Waals surface area contributed by atoms with Crippen LogP contribution in [0.15, 0.2) is 42.5 Å². The number of imide groups is 1. The lowest BCUT2D eigenvalue weighted by Gasteiger charge is -2.16. The molecular formula is C16H11Cl2FN2O2. The minimum Gasteiger partial charge on any atom is -0.373 e. The van der Waals surface area contributed by atoms with Gasteiger partial charge in [0.25, 0.3) is 5.91 Å². The first-order valence-corrected chi connectivity index (χ1v) is 7.55. The topological polar surface area (TPSA) is 49.4 Å². The summed E-state index contributed by atoms with van der Waals surface area (Å²) < 4.78 is 13.2. The van der Waals surface area contributed by atoms with Crippen LogP contribution < -0.4 is 10.2 Å². The quantitative estimate of drug-likeness (QED) is 0.852. The van der Waals surface area contributed by atoms with Gasteiger partial charge in [-0.15, -0.1) is 0 Å². The Morgan fingerprint density at radius 3 is 2.57 bits per heavy atom. The van der Waals surface area contributed by atoms with Gasteiger partial charge in [0.15, 0.2) is 0 Å². The van der Waals surface area contributed by atoms with Crippen LogP contribution >= 0.6 is 23.2 Å². The number of carbonyl (C=O) groups is 2. The number of nitrogens with one attached hydrogen (secondary N) is 1. The summed E-state index contributed by atoms with van der Waals surface area (Å²) in [6.07, 6.45) is -0.0183. The van der Waals surface area contributed by atoms with Crippen molar-refractivity contribution in [1.82, 2.24) is 0 Å². The van der Waals surface area contributed by atoms with Crippen LogP contribution in [0.5, 0.6) is 0 Å². The number of hydrogen-bond acceptors (Lipinski definition) is 3. The molecule has 1 heterocycles. The third-order valence-corrected chi connectivity index (χ3v) is 4.21. The number of rotatable bonds is 3. The summed E-state index contributed by atoms with van der Waals surface area (Å²) in [5, 5.41) is 3.47. The Kier molecular flexibility index (Phi) is 4.24. The van der Waals surface area contributed by atoms with Gasteiger partial charge in [-0.1, -0.05) is 29.3 Å². The molecule has 0 aliphatic carbocycles. The highest BCUT2D eigenvalue weighted by atomic mass is 35.5. The molecule has 2 aromatic rings. The zero-order chi connectivity index (χ0) is 16.6. The molecule has 1 atom stereocenters. The van der Waals surface area contributed by atoms with Crippen molar-refractivity contribution in [3.8, 4) is 0 Å². The van der Waals surface area contributed by atoms with Crippen molar-refractivity contribution in [2.45, 2.75) is 12.5 Å². The molecule has 1 N–H and O–H groups in total. The van der Waals surface area contributed by atoms with Gasteiger partial charge in [-0.2, -0.15) is 0 Å². The van der Waals surface area contributed by atoms with Crippen LogP contribution in [-0.4, -0.2) is 17.9 Å². The van der Waals surface area contributed by atoms with E-state index >= 15 is 0 Å². The molecule has 23 heavy (non-hydrogen) atoms. The maximum Gasteiger partial charge on any atom is 0.256 e. The Bertz CT molecular complexity index is 797. The molecule has 0 aromatic heterocycles. The molecule has 0 radical (unpaired) electrons. The van der Waals surface area contributed by atoms with E-state index in [4.69, 9.17) is 23.2 Å². The van der Waals surface area contributed by atoms with Crippen molar-refractivity contribution in [1.29, 1.82) is 0 Å². The van der Waals surface area contributed by atoms with Gasteiger partial charge < -0.3 is 5.32 Å². The molecule has 7 heteroatoms. The van der Waals surface area contributed by atoms with Crippen LogP contribution in [0, 0.1) is 5.82 Å². The molecule has 4 nitrogen and oxygen atoms in total. The lowest BCUT2D eigenvalue weighted by Crippen LogP contribution is -2.34. The third kappa shape index (κ3) is 3.16. The Labute approximate surface area is 141 Å². The van der Waals surface area contributed by atoms with Crippen molar-refractivity contribution >= 4 is 46.4 Å². The SMILES string of the molecule is O=C1CC(Nc2cccc(F)c2)C(=O)N1c1ccc(Cl)c(Cl)c1. The van der Waals surface area contributed by atoms with Crippen LogP contribution in [0.3, 0.4) is 0 Å². The van der Waals surface area contributed by atoms with Gasteiger partial charge in [-0.05, 0) is 36.4 Å². The number of anilines is 2. The Morgan fingerprint density at radius 2 is 1.87 bits per heavy atom. The standard InChI is InChI=1S/C16H11Cl2FN2O2/c17-12-5-4-11(7-13(12)18)21-15(22)8-14(16(21)23)20-10-3-1-2-9(19)6-10/h1-7,14,20H,8H2. The molecule has 0 bridgehead atoms.